The molecule has 13 heavy (non-hydrogen) atoms. The Labute approximate surface area is 80.7 Å². The topological polar surface area (TPSA) is 57.5 Å². The predicted octanol–water partition coefficient (Wildman–Crippen LogP) is 1.78. The van der Waals surface area contributed by atoms with Crippen LogP contribution in [0.4, 0.5) is 0 Å². The molecule has 0 amide bonds. The monoisotopic (exact) mass is 196 g/mol. The molecule has 0 aromatic heterocycles. The zero-order chi connectivity index (χ0) is 9.84. The largest absolute Gasteiger partial charge is 0.508 e. The fourth-order valence-electron chi connectivity index (χ4n) is 0.834. The summed E-state index contributed by atoms with van der Waals surface area (Å²) in [4.78, 5) is 10.7. The maximum absolute atomic E-state index is 10.2. The van der Waals surface area contributed by atoms with E-state index in [9.17, 15) is 4.79 Å². The molecule has 2 N–H and O–H groups in total. The van der Waals surface area contributed by atoms with E-state index < -0.39 is 5.97 Å². The summed E-state index contributed by atoms with van der Waals surface area (Å²) in [5, 5.41) is 17.4. The number of hydrogen-bond donors (Lipinski definition) is 3. The fourth-order valence-corrected chi connectivity index (χ4v) is 1.12. The van der Waals surface area contributed by atoms with Crippen molar-refractivity contribution >= 4 is 24.7 Å². The van der Waals surface area contributed by atoms with Crippen LogP contribution >= 0.6 is 12.6 Å². The Balaban J connectivity index is 2.96. The Bertz CT molecular complexity index is 358. The van der Waals surface area contributed by atoms with E-state index in [1.165, 1.54) is 18.2 Å². The Morgan fingerprint density at radius 1 is 1.46 bits per heavy atom. The summed E-state index contributed by atoms with van der Waals surface area (Å²) in [5.74, 6) is -0.904. The number of benzene rings is 1. The van der Waals surface area contributed by atoms with Gasteiger partial charge in [-0.05, 0) is 23.8 Å². The van der Waals surface area contributed by atoms with Gasteiger partial charge in [-0.3, -0.25) is 0 Å². The third-order valence-electron chi connectivity index (χ3n) is 1.42. The molecule has 0 radical (unpaired) electrons. The molecule has 0 aliphatic carbocycles. The quantitative estimate of drug-likeness (QED) is 0.499. The molecule has 0 bridgehead atoms. The van der Waals surface area contributed by atoms with Gasteiger partial charge < -0.3 is 10.2 Å². The minimum Gasteiger partial charge on any atom is -0.508 e. The molecule has 0 unspecified atom stereocenters. The van der Waals surface area contributed by atoms with Crippen LogP contribution in [-0.4, -0.2) is 16.2 Å². The van der Waals surface area contributed by atoms with Crippen molar-refractivity contribution in [2.75, 3.05) is 0 Å². The van der Waals surface area contributed by atoms with Crippen molar-refractivity contribution in [2.45, 2.75) is 4.90 Å². The van der Waals surface area contributed by atoms with E-state index in [1.807, 2.05) is 0 Å². The van der Waals surface area contributed by atoms with E-state index in [2.05, 4.69) is 12.6 Å². The van der Waals surface area contributed by atoms with Gasteiger partial charge >= 0.3 is 5.97 Å². The normalized spacial score (nSPS) is 10.5. The van der Waals surface area contributed by atoms with Gasteiger partial charge in [0.15, 0.2) is 0 Å². The predicted molar refractivity (Wildman–Crippen MR) is 52.0 cm³/mol. The molecule has 0 saturated heterocycles. The van der Waals surface area contributed by atoms with E-state index in [0.717, 1.165) is 6.08 Å². The van der Waals surface area contributed by atoms with Crippen LogP contribution < -0.4 is 0 Å². The van der Waals surface area contributed by atoms with E-state index in [0.29, 0.717) is 10.5 Å². The summed E-state index contributed by atoms with van der Waals surface area (Å²) in [5.41, 5.74) is 0.656. The number of phenolic OH excluding ortho intramolecular Hbond substituents is 1. The number of aliphatic carboxylic acids is 1. The summed E-state index contributed by atoms with van der Waals surface area (Å²) in [6, 6.07) is 4.52. The first-order valence-electron chi connectivity index (χ1n) is 3.52. The standard InChI is InChI=1S/C9H8O3S/c10-7-3-1-6(8(13)5-7)2-4-9(11)12/h1-5,10,13H,(H,11,12)/b4-2+. The lowest BCUT2D eigenvalue weighted by atomic mass is 10.2. The zero-order valence-corrected chi connectivity index (χ0v) is 7.53. The molecule has 0 aliphatic rings. The van der Waals surface area contributed by atoms with Gasteiger partial charge in [-0.15, -0.1) is 12.6 Å². The minimum atomic E-state index is -1.01. The summed E-state index contributed by atoms with van der Waals surface area (Å²) in [6.45, 7) is 0. The third kappa shape index (κ3) is 2.83. The molecule has 0 heterocycles. The van der Waals surface area contributed by atoms with Crippen molar-refractivity contribution < 1.29 is 15.0 Å². The average Bonchev–Trinajstić information content (AvgIpc) is 2.02. The van der Waals surface area contributed by atoms with Crippen molar-refractivity contribution in [3.05, 3.63) is 29.8 Å². The van der Waals surface area contributed by atoms with Gasteiger partial charge in [0.2, 0.25) is 0 Å². The maximum Gasteiger partial charge on any atom is 0.328 e. The highest BCUT2D eigenvalue weighted by molar-refractivity contribution is 7.80. The molecule has 3 nitrogen and oxygen atoms in total. The number of aromatic hydroxyl groups is 1. The van der Waals surface area contributed by atoms with Crippen molar-refractivity contribution in [2.24, 2.45) is 0 Å². The van der Waals surface area contributed by atoms with Gasteiger partial charge in [-0.2, -0.15) is 0 Å². The van der Waals surface area contributed by atoms with E-state index in [4.69, 9.17) is 10.2 Å². The fraction of sp³-hybridized carbons (Fsp3) is 0. The SMILES string of the molecule is O=C(O)/C=C/c1ccc(O)cc1S. The van der Waals surface area contributed by atoms with Crippen LogP contribution in [0, 0.1) is 0 Å². The highest BCUT2D eigenvalue weighted by atomic mass is 32.1. The van der Waals surface area contributed by atoms with Crippen molar-refractivity contribution in [1.29, 1.82) is 0 Å². The van der Waals surface area contributed by atoms with Crippen LogP contribution in [0.25, 0.3) is 6.08 Å². The number of hydrogen-bond acceptors (Lipinski definition) is 3. The van der Waals surface area contributed by atoms with Gasteiger partial charge in [-0.25, -0.2) is 4.79 Å². The van der Waals surface area contributed by atoms with Crippen LogP contribution in [0.5, 0.6) is 5.75 Å². The van der Waals surface area contributed by atoms with Crippen LogP contribution in [0.2, 0.25) is 0 Å². The molecule has 1 aromatic carbocycles. The molecule has 0 fully saturated rings. The van der Waals surface area contributed by atoms with Crippen molar-refractivity contribution in [1.82, 2.24) is 0 Å². The Morgan fingerprint density at radius 2 is 2.15 bits per heavy atom. The lowest BCUT2D eigenvalue weighted by Gasteiger charge is -1.98. The second-order valence-electron chi connectivity index (χ2n) is 2.41. The average molecular weight is 196 g/mol. The molecule has 4 heteroatoms. The number of carbonyl (C=O) groups is 1. The molecule has 0 aliphatic heterocycles. The van der Waals surface area contributed by atoms with Crippen molar-refractivity contribution in [3.63, 3.8) is 0 Å². The summed E-state index contributed by atoms with van der Waals surface area (Å²) in [6.07, 6.45) is 2.44. The number of carboxylic acids is 1. The van der Waals surface area contributed by atoms with Crippen LogP contribution in [-0.2, 0) is 4.79 Å². The summed E-state index contributed by atoms with van der Waals surface area (Å²) >= 11 is 4.07. The molecular formula is C9H8O3S. The Hall–Kier alpha value is -1.42. The van der Waals surface area contributed by atoms with Crippen LogP contribution in [0.3, 0.4) is 0 Å². The highest BCUT2D eigenvalue weighted by Crippen LogP contribution is 2.20. The number of carboxylic acid groups (broad SMARTS) is 1. The zero-order valence-electron chi connectivity index (χ0n) is 6.64. The van der Waals surface area contributed by atoms with Crippen LogP contribution in [0.1, 0.15) is 5.56 Å². The van der Waals surface area contributed by atoms with E-state index >= 15 is 0 Å². The first-order valence-corrected chi connectivity index (χ1v) is 3.97. The second kappa shape index (κ2) is 4.00. The van der Waals surface area contributed by atoms with Gasteiger partial charge in [0.1, 0.15) is 5.75 Å². The molecule has 68 valence electrons. The third-order valence-corrected chi connectivity index (χ3v) is 1.81. The second-order valence-corrected chi connectivity index (χ2v) is 2.90. The molecule has 0 saturated carbocycles. The molecule has 0 spiro atoms. The van der Waals surface area contributed by atoms with Gasteiger partial charge in [-0.1, -0.05) is 6.07 Å². The number of thiol groups is 1. The first-order chi connectivity index (χ1) is 6.09. The lowest BCUT2D eigenvalue weighted by Crippen LogP contribution is -1.86. The van der Waals surface area contributed by atoms with Crippen LogP contribution in [0.15, 0.2) is 29.2 Å². The minimum absolute atomic E-state index is 0.109. The summed E-state index contributed by atoms with van der Waals surface area (Å²) in [7, 11) is 0. The van der Waals surface area contributed by atoms with E-state index in [1.54, 1.807) is 6.07 Å². The Morgan fingerprint density at radius 3 is 2.69 bits per heavy atom. The summed E-state index contributed by atoms with van der Waals surface area (Å²) < 4.78 is 0. The van der Waals surface area contributed by atoms with Gasteiger partial charge in [0.25, 0.3) is 0 Å². The molecule has 1 aromatic rings. The number of rotatable bonds is 2. The maximum atomic E-state index is 10.2. The van der Waals surface area contributed by atoms with Gasteiger partial charge in [0, 0.05) is 11.0 Å². The van der Waals surface area contributed by atoms with Gasteiger partial charge in [0.05, 0.1) is 0 Å². The Kier molecular flexibility index (Phi) is 2.97. The molecule has 1 rings (SSSR count). The number of phenols is 1. The first kappa shape index (κ1) is 9.67. The highest BCUT2D eigenvalue weighted by Gasteiger charge is 1.96. The smallest absolute Gasteiger partial charge is 0.328 e. The van der Waals surface area contributed by atoms with E-state index in [-0.39, 0.29) is 5.75 Å². The molecular weight excluding hydrogens is 188 g/mol. The van der Waals surface area contributed by atoms with Crippen molar-refractivity contribution in [3.8, 4) is 5.75 Å². The lowest BCUT2D eigenvalue weighted by molar-refractivity contribution is -0.131. The molecule has 0 atom stereocenters.